The van der Waals surface area contributed by atoms with E-state index in [-0.39, 0.29) is 17.0 Å². The summed E-state index contributed by atoms with van der Waals surface area (Å²) < 4.78 is 19.5. The Kier molecular flexibility index (Phi) is 4.90. The van der Waals surface area contributed by atoms with Crippen molar-refractivity contribution in [3.63, 3.8) is 0 Å². The van der Waals surface area contributed by atoms with Gasteiger partial charge in [0.05, 0.1) is 18.2 Å². The van der Waals surface area contributed by atoms with Crippen LogP contribution in [-0.2, 0) is 25.8 Å². The second-order valence-electron chi connectivity index (χ2n) is 6.78. The Hall–Kier alpha value is -3.46. The van der Waals surface area contributed by atoms with Gasteiger partial charge in [0, 0.05) is 24.9 Å². The van der Waals surface area contributed by atoms with Gasteiger partial charge in [-0.2, -0.15) is 5.26 Å². The van der Waals surface area contributed by atoms with Gasteiger partial charge in [0.25, 0.3) is 5.91 Å². The lowest BCUT2D eigenvalue weighted by atomic mass is 10.1. The summed E-state index contributed by atoms with van der Waals surface area (Å²) in [6.07, 6.45) is 2.10. The molecule has 140 valence electrons. The molecule has 2 aromatic carbocycles. The third-order valence-corrected chi connectivity index (χ3v) is 4.80. The lowest BCUT2D eigenvalue weighted by Crippen LogP contribution is -2.35. The van der Waals surface area contributed by atoms with Crippen LogP contribution in [0.15, 0.2) is 52.9 Å². The largest absolute Gasteiger partial charge is 0.445 e. The number of nitrogens with zero attached hydrogens (tertiary/aromatic N) is 3. The summed E-state index contributed by atoms with van der Waals surface area (Å²) in [5.74, 6) is 0.574. The van der Waals surface area contributed by atoms with E-state index in [4.69, 9.17) is 9.68 Å². The van der Waals surface area contributed by atoms with E-state index in [1.54, 1.807) is 4.90 Å². The van der Waals surface area contributed by atoms with Crippen molar-refractivity contribution in [2.24, 2.45) is 0 Å². The highest BCUT2D eigenvalue weighted by Crippen LogP contribution is 2.23. The van der Waals surface area contributed by atoms with Gasteiger partial charge in [-0.3, -0.25) is 4.79 Å². The molecule has 1 aliphatic heterocycles. The number of amides is 1. The van der Waals surface area contributed by atoms with Crippen molar-refractivity contribution in [3.8, 4) is 6.07 Å². The molecule has 6 heteroatoms. The minimum Gasteiger partial charge on any atom is -0.445 e. The van der Waals surface area contributed by atoms with Crippen LogP contribution in [0, 0.1) is 17.1 Å². The van der Waals surface area contributed by atoms with Crippen LogP contribution in [0.3, 0.4) is 0 Å². The third kappa shape index (κ3) is 3.79. The molecule has 1 aliphatic rings. The first-order chi connectivity index (χ1) is 13.6. The van der Waals surface area contributed by atoms with E-state index in [0.717, 1.165) is 30.0 Å². The fourth-order valence-corrected chi connectivity index (χ4v) is 3.39. The van der Waals surface area contributed by atoms with E-state index in [0.29, 0.717) is 31.8 Å². The first kappa shape index (κ1) is 17.9. The number of aromatic nitrogens is 1. The molecular formula is C22H18FN3O2. The highest BCUT2D eigenvalue weighted by molar-refractivity contribution is 5.94. The van der Waals surface area contributed by atoms with Crippen LogP contribution in [0.1, 0.15) is 38.8 Å². The van der Waals surface area contributed by atoms with Crippen LogP contribution >= 0.6 is 0 Å². The number of hydrogen-bond donors (Lipinski definition) is 0. The summed E-state index contributed by atoms with van der Waals surface area (Å²) in [5.41, 5.74) is 2.27. The molecule has 0 radical (unpaired) electrons. The first-order valence-corrected chi connectivity index (χ1v) is 9.14. The Morgan fingerprint density at radius 3 is 2.82 bits per heavy atom. The molecule has 1 aromatic heterocycles. The number of nitriles is 1. The van der Waals surface area contributed by atoms with Gasteiger partial charge in [0.2, 0.25) is 0 Å². The smallest absolute Gasteiger partial charge is 0.254 e. The Bertz CT molecular complexity index is 1050. The molecule has 28 heavy (non-hydrogen) atoms. The van der Waals surface area contributed by atoms with Crippen molar-refractivity contribution in [2.75, 3.05) is 6.54 Å². The molecule has 1 amide bonds. The van der Waals surface area contributed by atoms with Crippen molar-refractivity contribution in [3.05, 3.63) is 88.4 Å². The zero-order chi connectivity index (χ0) is 19.5. The minimum absolute atomic E-state index is 0.130. The Labute approximate surface area is 162 Å². The van der Waals surface area contributed by atoms with Gasteiger partial charge in [-0.05, 0) is 30.2 Å². The first-order valence-electron chi connectivity index (χ1n) is 9.14. The van der Waals surface area contributed by atoms with Crippen LogP contribution in [0.25, 0.3) is 0 Å². The van der Waals surface area contributed by atoms with Crippen molar-refractivity contribution in [1.29, 1.82) is 5.26 Å². The van der Waals surface area contributed by atoms with Gasteiger partial charge < -0.3 is 9.32 Å². The second kappa shape index (κ2) is 7.65. The predicted molar refractivity (Wildman–Crippen MR) is 99.9 cm³/mol. The van der Waals surface area contributed by atoms with Gasteiger partial charge in [0.15, 0.2) is 5.89 Å². The molecule has 0 saturated carbocycles. The van der Waals surface area contributed by atoms with Gasteiger partial charge in [0.1, 0.15) is 17.3 Å². The summed E-state index contributed by atoms with van der Waals surface area (Å²) in [4.78, 5) is 18.9. The van der Waals surface area contributed by atoms with E-state index in [2.05, 4.69) is 17.1 Å². The summed E-state index contributed by atoms with van der Waals surface area (Å²) in [6, 6.07) is 15.7. The molecule has 5 nitrogen and oxygen atoms in total. The number of benzene rings is 2. The van der Waals surface area contributed by atoms with Crippen LogP contribution < -0.4 is 0 Å². The molecular weight excluding hydrogens is 357 g/mol. The molecule has 2 heterocycles. The summed E-state index contributed by atoms with van der Waals surface area (Å²) in [5, 5.41) is 8.98. The molecule has 0 bridgehead atoms. The average molecular weight is 375 g/mol. The van der Waals surface area contributed by atoms with E-state index in [9.17, 15) is 9.18 Å². The van der Waals surface area contributed by atoms with E-state index in [1.165, 1.54) is 11.6 Å². The standard InChI is InChI=1S/C22H18FN3O2/c23-18-11-16(13-24)10-17(12-18)22(27)26-9-8-20-19(14-26)25-21(28-20)7-6-15-4-2-1-3-5-15/h1-5,10-12H,6-9,14H2. The average Bonchev–Trinajstić information content (AvgIpc) is 3.14. The number of carbonyl (C=O) groups excluding carboxylic acids is 1. The zero-order valence-electron chi connectivity index (χ0n) is 15.2. The fraction of sp³-hybridized carbons (Fsp3) is 0.227. The molecule has 0 fully saturated rings. The Balaban J connectivity index is 1.46. The van der Waals surface area contributed by atoms with Crippen molar-refractivity contribution in [1.82, 2.24) is 9.88 Å². The van der Waals surface area contributed by atoms with Gasteiger partial charge in [-0.1, -0.05) is 30.3 Å². The minimum atomic E-state index is -0.593. The third-order valence-electron chi connectivity index (χ3n) is 4.80. The van der Waals surface area contributed by atoms with Gasteiger partial charge in [-0.15, -0.1) is 0 Å². The number of fused-ring (bicyclic) bond motifs is 1. The molecule has 3 aromatic rings. The molecule has 0 unspecified atom stereocenters. The number of carbonyl (C=O) groups is 1. The van der Waals surface area contributed by atoms with Gasteiger partial charge >= 0.3 is 0 Å². The van der Waals surface area contributed by atoms with Gasteiger partial charge in [-0.25, -0.2) is 9.37 Å². The number of rotatable bonds is 4. The maximum atomic E-state index is 13.7. The number of oxazole rings is 1. The zero-order valence-corrected chi connectivity index (χ0v) is 15.2. The van der Waals surface area contributed by atoms with E-state index in [1.807, 2.05) is 24.3 Å². The maximum absolute atomic E-state index is 13.7. The van der Waals surface area contributed by atoms with Crippen LogP contribution in [0.2, 0.25) is 0 Å². The number of hydrogen-bond acceptors (Lipinski definition) is 4. The molecule has 0 aliphatic carbocycles. The number of aryl methyl sites for hydroxylation is 2. The molecule has 0 spiro atoms. The highest BCUT2D eigenvalue weighted by Gasteiger charge is 2.26. The molecule has 0 N–H and O–H groups in total. The molecule has 4 rings (SSSR count). The molecule has 0 atom stereocenters. The topological polar surface area (TPSA) is 70.1 Å². The lowest BCUT2D eigenvalue weighted by Gasteiger charge is -2.25. The predicted octanol–water partition coefficient (Wildman–Crippen LogP) is 3.67. The maximum Gasteiger partial charge on any atom is 0.254 e. The van der Waals surface area contributed by atoms with Crippen LogP contribution in [-0.4, -0.2) is 22.3 Å². The monoisotopic (exact) mass is 375 g/mol. The number of halogens is 1. The highest BCUT2D eigenvalue weighted by atomic mass is 19.1. The van der Waals surface area contributed by atoms with Crippen molar-refractivity contribution in [2.45, 2.75) is 25.8 Å². The van der Waals surface area contributed by atoms with Crippen LogP contribution in [0.5, 0.6) is 0 Å². The van der Waals surface area contributed by atoms with Crippen LogP contribution in [0.4, 0.5) is 4.39 Å². The summed E-state index contributed by atoms with van der Waals surface area (Å²) in [7, 11) is 0. The lowest BCUT2D eigenvalue weighted by molar-refractivity contribution is 0.0727. The van der Waals surface area contributed by atoms with E-state index < -0.39 is 5.82 Å². The quantitative estimate of drug-likeness (QED) is 0.698. The Morgan fingerprint density at radius 1 is 1.21 bits per heavy atom. The summed E-state index contributed by atoms with van der Waals surface area (Å²) in [6.45, 7) is 0.791. The van der Waals surface area contributed by atoms with Crippen molar-refractivity contribution < 1.29 is 13.6 Å². The second-order valence-corrected chi connectivity index (χ2v) is 6.78. The van der Waals surface area contributed by atoms with E-state index >= 15 is 0 Å². The normalized spacial score (nSPS) is 13.1. The Morgan fingerprint density at radius 2 is 2.04 bits per heavy atom. The molecule has 0 saturated heterocycles. The fourth-order valence-electron chi connectivity index (χ4n) is 3.39. The summed E-state index contributed by atoms with van der Waals surface area (Å²) >= 11 is 0. The van der Waals surface area contributed by atoms with Crippen molar-refractivity contribution >= 4 is 5.91 Å². The SMILES string of the molecule is N#Cc1cc(F)cc(C(=O)N2CCc3oc(CCc4ccccc4)nc3C2)c1.